The molecule has 3 N–H and O–H groups in total. The van der Waals surface area contributed by atoms with Crippen molar-refractivity contribution in [2.75, 3.05) is 24.7 Å². The van der Waals surface area contributed by atoms with Crippen LogP contribution in [-0.2, 0) is 0 Å². The third kappa shape index (κ3) is 4.34. The lowest BCUT2D eigenvalue weighted by Crippen LogP contribution is -2.34. The molecule has 2 unspecified atom stereocenters. The summed E-state index contributed by atoms with van der Waals surface area (Å²) in [5.41, 5.74) is 2.99. The fourth-order valence-corrected chi connectivity index (χ4v) is 3.76. The summed E-state index contributed by atoms with van der Waals surface area (Å²) in [6, 6.07) is 15.9. The number of carbonyl (C=O) groups is 1. The highest BCUT2D eigenvalue weighted by molar-refractivity contribution is 7.73. The van der Waals surface area contributed by atoms with Crippen molar-refractivity contribution < 1.29 is 9.00 Å². The van der Waals surface area contributed by atoms with E-state index in [1.54, 1.807) is 10.7 Å². The zero-order valence-electron chi connectivity index (χ0n) is 16.0. The molecule has 10 heteroatoms. The number of aromatic amines is 1. The van der Waals surface area contributed by atoms with Crippen molar-refractivity contribution in [2.24, 2.45) is 0 Å². The molecule has 1 saturated carbocycles. The zero-order valence-corrected chi connectivity index (χ0v) is 17.7. The molecular formula is C19H22N7OS2+. The summed E-state index contributed by atoms with van der Waals surface area (Å²) >= 11 is 9.43. The highest BCUT2D eigenvalue weighted by atomic mass is 32.1. The summed E-state index contributed by atoms with van der Waals surface area (Å²) in [7, 11) is 4.18. The van der Waals surface area contributed by atoms with Crippen LogP contribution in [0.15, 0.2) is 48.5 Å². The molecule has 2 atom stereocenters. The molecule has 1 amide bonds. The molecular weight excluding hydrogens is 406 g/mol. The summed E-state index contributed by atoms with van der Waals surface area (Å²) in [5.74, 6) is -0.180. The number of likely N-dealkylation sites (N-methyl/N-ethyl adjacent to an activating group) is 1. The first-order valence-electron chi connectivity index (χ1n) is 9.16. The molecule has 1 aromatic heterocycles. The molecule has 2 aromatic carbocycles. The molecule has 4 rings (SSSR count). The molecule has 0 radical (unpaired) electrons. The topological polar surface area (TPSA) is 81.9 Å². The smallest absolute Gasteiger partial charge is 0.327 e. The average Bonchev–Trinajstić information content (AvgIpc) is 3.39. The van der Waals surface area contributed by atoms with E-state index in [0.717, 1.165) is 17.8 Å². The van der Waals surface area contributed by atoms with E-state index in [1.165, 1.54) is 4.20 Å². The van der Waals surface area contributed by atoms with Gasteiger partial charge in [0.1, 0.15) is 5.21 Å². The van der Waals surface area contributed by atoms with Crippen LogP contribution in [0.1, 0.15) is 16.8 Å². The van der Waals surface area contributed by atoms with Crippen LogP contribution in [0.25, 0.3) is 5.69 Å². The number of carbonyl (C=O) groups excluding carboxylic acids is 1. The zero-order chi connectivity index (χ0) is 20.5. The van der Waals surface area contributed by atoms with Gasteiger partial charge >= 0.3 is 4.77 Å². The fourth-order valence-electron chi connectivity index (χ4n) is 3.24. The van der Waals surface area contributed by atoms with Crippen LogP contribution in [0.3, 0.4) is 0 Å². The Hall–Kier alpha value is -2.69. The quantitative estimate of drug-likeness (QED) is 0.275. The van der Waals surface area contributed by atoms with Gasteiger partial charge in [0.2, 0.25) is 0 Å². The second-order valence-electron chi connectivity index (χ2n) is 7.20. The Morgan fingerprint density at radius 2 is 2.03 bits per heavy atom. The van der Waals surface area contributed by atoms with Crippen molar-refractivity contribution >= 4 is 42.3 Å². The van der Waals surface area contributed by atoms with E-state index in [4.69, 9.17) is 12.2 Å². The molecule has 8 nitrogen and oxygen atoms in total. The monoisotopic (exact) mass is 428 g/mol. The number of amides is 1. The van der Waals surface area contributed by atoms with Gasteiger partial charge in [-0.15, -0.1) is 9.78 Å². The summed E-state index contributed by atoms with van der Waals surface area (Å²) in [6.45, 7) is 0. The molecule has 1 fully saturated rings. The minimum Gasteiger partial charge on any atom is -0.381 e. The lowest BCUT2D eigenvalue weighted by atomic mass is 10.2. The van der Waals surface area contributed by atoms with Crippen molar-refractivity contribution in [3.63, 3.8) is 0 Å². The van der Waals surface area contributed by atoms with Gasteiger partial charge in [0.25, 0.3) is 5.91 Å². The Morgan fingerprint density at radius 1 is 1.28 bits per heavy atom. The highest BCUT2D eigenvalue weighted by Crippen LogP contribution is 2.29. The maximum atomic E-state index is 12.6. The number of anilines is 2. The van der Waals surface area contributed by atoms with E-state index in [9.17, 15) is 4.79 Å². The first kappa shape index (κ1) is 19.6. The molecule has 1 heterocycles. The molecule has 1 aliphatic rings. The van der Waals surface area contributed by atoms with E-state index in [-0.39, 0.29) is 5.91 Å². The summed E-state index contributed by atoms with van der Waals surface area (Å²) in [6.07, 6.45) is 1.14. The van der Waals surface area contributed by atoms with Gasteiger partial charge in [0.05, 0.1) is 18.5 Å². The predicted molar refractivity (Wildman–Crippen MR) is 117 cm³/mol. The number of hydrogen-bond acceptors (Lipinski definition) is 6. The lowest BCUT2D eigenvalue weighted by Gasteiger charge is -2.11. The Labute approximate surface area is 179 Å². The van der Waals surface area contributed by atoms with Gasteiger partial charge in [-0.1, -0.05) is 6.07 Å². The molecule has 150 valence electrons. The molecule has 0 spiro atoms. The Balaban J connectivity index is 1.43. The predicted octanol–water partition coefficient (Wildman–Crippen LogP) is 2.28. The lowest BCUT2D eigenvalue weighted by molar-refractivity contribution is -0.642. The van der Waals surface area contributed by atoms with E-state index in [1.807, 2.05) is 42.5 Å². The van der Waals surface area contributed by atoms with Crippen LogP contribution < -0.4 is 14.8 Å². The second kappa shape index (κ2) is 7.97. The largest absolute Gasteiger partial charge is 0.381 e. The van der Waals surface area contributed by atoms with Gasteiger partial charge in [-0.05, 0) is 75.2 Å². The molecule has 29 heavy (non-hydrogen) atoms. The van der Waals surface area contributed by atoms with Crippen LogP contribution >= 0.6 is 25.0 Å². The van der Waals surface area contributed by atoms with Crippen molar-refractivity contribution in [2.45, 2.75) is 18.5 Å². The van der Waals surface area contributed by atoms with Crippen molar-refractivity contribution in [3.05, 3.63) is 58.9 Å². The summed E-state index contributed by atoms with van der Waals surface area (Å²) in [4.78, 5) is 14.9. The van der Waals surface area contributed by atoms with Crippen molar-refractivity contribution in [1.29, 1.82) is 0 Å². The number of tetrazole rings is 1. The Kier molecular flexibility index (Phi) is 5.39. The Bertz CT molecular complexity index is 1090. The second-order valence-corrected chi connectivity index (χ2v) is 7.94. The molecule has 3 aromatic rings. The van der Waals surface area contributed by atoms with E-state index < -0.39 is 0 Å². The molecule has 1 aliphatic carbocycles. The standard InChI is InChI=1S/C19H21N7OS2/c1-24(2)17-11-16(17)20-13-8-6-12(7-9-13)18(27)21-14-4-3-5-15(10-14)25-19(28)22-23-26(25)29/h3-10,16-17,29H,11H2,1-2H3,(H2,20,21,27)/p+1. The number of hydrogen-bond donors (Lipinski definition) is 4. The number of nitrogens with one attached hydrogen (secondary N) is 3. The first-order valence-corrected chi connectivity index (χ1v) is 9.97. The highest BCUT2D eigenvalue weighted by Gasteiger charge is 2.38. The third-order valence-corrected chi connectivity index (χ3v) is 5.41. The first-order chi connectivity index (χ1) is 13.9. The fraction of sp³-hybridized carbons (Fsp3) is 0.263. The third-order valence-electron chi connectivity index (χ3n) is 4.87. The maximum absolute atomic E-state index is 12.6. The average molecular weight is 429 g/mol. The number of aromatic nitrogens is 4. The molecule has 0 bridgehead atoms. The summed E-state index contributed by atoms with van der Waals surface area (Å²) in [5, 5.41) is 13.0. The number of thiol groups is 1. The van der Waals surface area contributed by atoms with Gasteiger partial charge < -0.3 is 15.5 Å². The minimum absolute atomic E-state index is 0.180. The normalized spacial score (nSPS) is 17.9. The van der Waals surface area contributed by atoms with E-state index in [2.05, 4.69) is 52.8 Å². The minimum atomic E-state index is -0.180. The van der Waals surface area contributed by atoms with Gasteiger partial charge in [-0.3, -0.25) is 4.79 Å². The SMILES string of the molecule is CN(C)C1CC1Nc1ccc(C(=O)Nc2cccc(-n3c(=S)[nH]n[n+]3S)c2)cc1. The summed E-state index contributed by atoms with van der Waals surface area (Å²) < 4.78 is 3.31. The Morgan fingerprint density at radius 3 is 2.66 bits per heavy atom. The maximum Gasteiger partial charge on any atom is 0.327 e. The van der Waals surface area contributed by atoms with E-state index >= 15 is 0 Å². The van der Waals surface area contributed by atoms with Crippen molar-refractivity contribution in [1.82, 2.24) is 19.9 Å². The van der Waals surface area contributed by atoms with Crippen molar-refractivity contribution in [3.8, 4) is 5.69 Å². The van der Waals surface area contributed by atoms with Gasteiger partial charge in [-0.25, -0.2) is 0 Å². The van der Waals surface area contributed by atoms with Gasteiger partial charge in [-0.2, -0.15) is 0 Å². The molecule has 0 aliphatic heterocycles. The van der Waals surface area contributed by atoms with Crippen LogP contribution in [-0.4, -0.2) is 52.0 Å². The van der Waals surface area contributed by atoms with E-state index in [0.29, 0.717) is 28.1 Å². The van der Waals surface area contributed by atoms with Gasteiger partial charge in [0, 0.05) is 33.2 Å². The van der Waals surface area contributed by atoms with Crippen LogP contribution in [0.5, 0.6) is 0 Å². The number of rotatable bonds is 6. The number of nitrogens with zero attached hydrogens (tertiary/aromatic N) is 4. The van der Waals surface area contributed by atoms with Crippen LogP contribution in [0.2, 0.25) is 0 Å². The number of benzene rings is 2. The van der Waals surface area contributed by atoms with Crippen LogP contribution in [0, 0.1) is 4.77 Å². The van der Waals surface area contributed by atoms with Gasteiger partial charge in [0.15, 0.2) is 0 Å². The molecule has 0 saturated heterocycles. The number of H-pyrrole nitrogens is 1. The van der Waals surface area contributed by atoms with Crippen LogP contribution in [0.4, 0.5) is 11.4 Å².